The Hall–Kier alpha value is -2.75. The molecule has 25 heavy (non-hydrogen) atoms. The number of carbonyl (C=O) groups is 1. The second-order valence-electron chi connectivity index (χ2n) is 6.32. The molecule has 2 N–H and O–H groups in total. The zero-order chi connectivity index (χ0) is 18.4. The summed E-state index contributed by atoms with van der Waals surface area (Å²) >= 11 is 0. The average molecular weight is 348 g/mol. The number of nitriles is 1. The molecule has 0 saturated carbocycles. The minimum Gasteiger partial charge on any atom is -0.444 e. The predicted octanol–water partition coefficient (Wildman–Crippen LogP) is 3.77. The summed E-state index contributed by atoms with van der Waals surface area (Å²) in [5.41, 5.74) is 5.36. The van der Waals surface area contributed by atoms with Gasteiger partial charge in [0.15, 0.2) is 5.78 Å². The van der Waals surface area contributed by atoms with Crippen molar-refractivity contribution in [1.82, 2.24) is 0 Å². The molecule has 0 bridgehead atoms. The normalized spacial score (nSPS) is 23.9. The minimum absolute atomic E-state index is 0.0408. The van der Waals surface area contributed by atoms with E-state index in [0.29, 0.717) is 12.2 Å². The summed E-state index contributed by atoms with van der Waals surface area (Å²) in [4.78, 5) is 12.5. The van der Waals surface area contributed by atoms with Crippen LogP contribution in [0, 0.1) is 17.2 Å². The predicted molar refractivity (Wildman–Crippen MR) is 82.5 cm³/mol. The number of halogens is 3. The summed E-state index contributed by atoms with van der Waals surface area (Å²) in [6.07, 6.45) is -3.81. The fraction of sp³-hybridized carbons (Fsp3) is 0.333. The molecule has 1 aliphatic carbocycles. The molecule has 2 aliphatic rings. The van der Waals surface area contributed by atoms with Crippen LogP contribution in [-0.4, -0.2) is 5.78 Å². The van der Waals surface area contributed by atoms with Gasteiger partial charge in [-0.1, -0.05) is 25.1 Å². The highest BCUT2D eigenvalue weighted by Crippen LogP contribution is 2.45. The van der Waals surface area contributed by atoms with E-state index in [2.05, 4.69) is 0 Å². The number of carbonyl (C=O) groups excluding carboxylic acids is 1. The molecule has 0 fully saturated rings. The van der Waals surface area contributed by atoms with Crippen molar-refractivity contribution in [3.63, 3.8) is 0 Å². The second kappa shape index (κ2) is 5.96. The molecule has 0 aromatic heterocycles. The molecule has 2 atom stereocenters. The number of nitrogens with zero attached hydrogens (tertiary/aromatic N) is 1. The van der Waals surface area contributed by atoms with Crippen LogP contribution in [0.2, 0.25) is 0 Å². The van der Waals surface area contributed by atoms with Gasteiger partial charge in [0.25, 0.3) is 0 Å². The Labute approximate surface area is 142 Å². The van der Waals surface area contributed by atoms with E-state index in [-0.39, 0.29) is 40.7 Å². The van der Waals surface area contributed by atoms with Crippen LogP contribution < -0.4 is 5.73 Å². The van der Waals surface area contributed by atoms with Gasteiger partial charge in [0.1, 0.15) is 17.4 Å². The zero-order valence-corrected chi connectivity index (χ0v) is 13.4. The molecule has 7 heteroatoms. The van der Waals surface area contributed by atoms with Gasteiger partial charge in [0, 0.05) is 18.4 Å². The van der Waals surface area contributed by atoms with Crippen molar-refractivity contribution in [2.75, 3.05) is 0 Å². The number of hydrogen-bond donors (Lipinski definition) is 1. The van der Waals surface area contributed by atoms with E-state index in [1.807, 2.05) is 13.0 Å². The summed E-state index contributed by atoms with van der Waals surface area (Å²) in [6.45, 7) is 1.88. The van der Waals surface area contributed by atoms with Gasteiger partial charge in [0.05, 0.1) is 11.5 Å². The van der Waals surface area contributed by atoms with Gasteiger partial charge in [-0.05, 0) is 17.5 Å². The lowest BCUT2D eigenvalue weighted by molar-refractivity contribution is -0.137. The SMILES string of the molecule is CC1CC(=O)C2=C(C1)OC(N)=C(C#N)C2c1cccc(C(F)(F)F)c1. The van der Waals surface area contributed by atoms with Crippen LogP contribution in [0.25, 0.3) is 0 Å². The standard InChI is InChI=1S/C18H15F3N2O2/c1-9-5-13(24)16-14(6-9)25-17(23)12(8-22)15(16)10-3-2-4-11(7-10)18(19,20)21/h2-4,7,9,15H,5-6,23H2,1H3. The molecule has 4 nitrogen and oxygen atoms in total. The van der Waals surface area contributed by atoms with E-state index in [0.717, 1.165) is 12.1 Å². The van der Waals surface area contributed by atoms with Gasteiger partial charge in [-0.15, -0.1) is 0 Å². The maximum Gasteiger partial charge on any atom is 0.416 e. The maximum atomic E-state index is 13.0. The third kappa shape index (κ3) is 3.00. The highest BCUT2D eigenvalue weighted by molar-refractivity contribution is 5.99. The lowest BCUT2D eigenvalue weighted by atomic mass is 9.75. The zero-order valence-electron chi connectivity index (χ0n) is 13.4. The quantitative estimate of drug-likeness (QED) is 0.838. The van der Waals surface area contributed by atoms with Gasteiger partial charge >= 0.3 is 6.18 Å². The number of rotatable bonds is 1. The van der Waals surface area contributed by atoms with E-state index in [4.69, 9.17) is 10.5 Å². The molecule has 1 aliphatic heterocycles. The van der Waals surface area contributed by atoms with Crippen LogP contribution in [0.5, 0.6) is 0 Å². The van der Waals surface area contributed by atoms with Crippen LogP contribution in [0.4, 0.5) is 13.2 Å². The van der Waals surface area contributed by atoms with Gasteiger partial charge in [-0.2, -0.15) is 18.4 Å². The molecule has 3 rings (SSSR count). The van der Waals surface area contributed by atoms with Crippen molar-refractivity contribution in [3.05, 3.63) is 58.2 Å². The summed E-state index contributed by atoms with van der Waals surface area (Å²) in [5, 5.41) is 9.43. The van der Waals surface area contributed by atoms with E-state index >= 15 is 0 Å². The molecule has 0 amide bonds. The number of ketones is 1. The third-order valence-corrected chi connectivity index (χ3v) is 4.41. The molecule has 1 aromatic carbocycles. The first-order valence-corrected chi connectivity index (χ1v) is 7.73. The van der Waals surface area contributed by atoms with Gasteiger partial charge in [-0.25, -0.2) is 0 Å². The van der Waals surface area contributed by atoms with Crippen molar-refractivity contribution >= 4 is 5.78 Å². The number of ether oxygens (including phenoxy) is 1. The fourth-order valence-corrected chi connectivity index (χ4v) is 3.32. The number of nitrogens with two attached hydrogens (primary N) is 1. The Morgan fingerprint density at radius 3 is 2.68 bits per heavy atom. The van der Waals surface area contributed by atoms with E-state index in [1.54, 1.807) is 0 Å². The summed E-state index contributed by atoms with van der Waals surface area (Å²) in [7, 11) is 0. The Kier molecular flexibility index (Phi) is 4.07. The number of alkyl halides is 3. The van der Waals surface area contributed by atoms with Gasteiger partial charge < -0.3 is 10.5 Å². The monoisotopic (exact) mass is 348 g/mol. The lowest BCUT2D eigenvalue weighted by Crippen LogP contribution is -2.29. The maximum absolute atomic E-state index is 13.0. The Morgan fingerprint density at radius 2 is 2.04 bits per heavy atom. The van der Waals surface area contributed by atoms with Crippen LogP contribution in [0.15, 0.2) is 47.1 Å². The fourth-order valence-electron chi connectivity index (χ4n) is 3.32. The molecule has 0 radical (unpaired) electrons. The summed E-state index contributed by atoms with van der Waals surface area (Å²) in [5.74, 6) is -0.925. The summed E-state index contributed by atoms with van der Waals surface area (Å²) in [6, 6.07) is 6.51. The first-order chi connectivity index (χ1) is 11.7. The van der Waals surface area contributed by atoms with Gasteiger partial charge in [-0.3, -0.25) is 4.79 Å². The summed E-state index contributed by atoms with van der Waals surface area (Å²) < 4.78 is 44.6. The lowest BCUT2D eigenvalue weighted by Gasteiger charge is -2.33. The molecule has 1 heterocycles. The van der Waals surface area contributed by atoms with E-state index in [9.17, 15) is 23.2 Å². The van der Waals surface area contributed by atoms with Gasteiger partial charge in [0.2, 0.25) is 5.88 Å². The third-order valence-electron chi connectivity index (χ3n) is 4.41. The van der Waals surface area contributed by atoms with E-state index < -0.39 is 17.7 Å². The van der Waals surface area contributed by atoms with Crippen molar-refractivity contribution in [1.29, 1.82) is 5.26 Å². The molecule has 2 unspecified atom stereocenters. The molecule has 130 valence electrons. The van der Waals surface area contributed by atoms with Crippen molar-refractivity contribution in [2.24, 2.45) is 11.7 Å². The number of hydrogen-bond acceptors (Lipinski definition) is 4. The highest BCUT2D eigenvalue weighted by Gasteiger charge is 2.40. The number of Topliss-reactive ketones (excluding diaryl/α,β-unsaturated/α-hetero) is 1. The number of allylic oxidation sites excluding steroid dienone is 3. The molecular weight excluding hydrogens is 333 g/mol. The molecule has 0 spiro atoms. The molecule has 0 saturated heterocycles. The largest absolute Gasteiger partial charge is 0.444 e. The molecular formula is C18H15F3N2O2. The first-order valence-electron chi connectivity index (χ1n) is 7.73. The number of benzene rings is 1. The topological polar surface area (TPSA) is 76.1 Å². The average Bonchev–Trinajstić information content (AvgIpc) is 2.52. The highest BCUT2D eigenvalue weighted by atomic mass is 19.4. The van der Waals surface area contributed by atoms with Crippen molar-refractivity contribution in [2.45, 2.75) is 31.9 Å². The second-order valence-corrected chi connectivity index (χ2v) is 6.32. The van der Waals surface area contributed by atoms with Crippen LogP contribution in [0.1, 0.15) is 36.8 Å². The first kappa shape index (κ1) is 17.1. The Morgan fingerprint density at radius 1 is 1.32 bits per heavy atom. The van der Waals surface area contributed by atoms with Crippen LogP contribution in [-0.2, 0) is 15.7 Å². The van der Waals surface area contributed by atoms with E-state index in [1.165, 1.54) is 12.1 Å². The smallest absolute Gasteiger partial charge is 0.416 e. The van der Waals surface area contributed by atoms with Crippen molar-refractivity contribution in [3.8, 4) is 6.07 Å². The van der Waals surface area contributed by atoms with Crippen LogP contribution in [0.3, 0.4) is 0 Å². The Bertz CT molecular complexity index is 847. The molecule has 1 aromatic rings. The van der Waals surface area contributed by atoms with Crippen LogP contribution >= 0.6 is 0 Å². The van der Waals surface area contributed by atoms with Crippen molar-refractivity contribution < 1.29 is 22.7 Å². The Balaban J connectivity index is 2.18. The minimum atomic E-state index is -4.52.